The van der Waals surface area contributed by atoms with Gasteiger partial charge < -0.3 is 31.8 Å². The van der Waals surface area contributed by atoms with Crippen molar-refractivity contribution >= 4 is 23.7 Å². The van der Waals surface area contributed by atoms with E-state index in [0.717, 1.165) is 5.56 Å². The summed E-state index contributed by atoms with van der Waals surface area (Å²) in [4.78, 5) is 57.7. The molecule has 38 heavy (non-hydrogen) atoms. The molecule has 0 fully saturated rings. The maximum absolute atomic E-state index is 13.3. The first-order valence-electron chi connectivity index (χ1n) is 12.9. The van der Waals surface area contributed by atoms with Crippen LogP contribution in [-0.4, -0.2) is 62.9 Å². The van der Waals surface area contributed by atoms with Crippen LogP contribution in [0.25, 0.3) is 0 Å². The zero-order valence-corrected chi connectivity index (χ0v) is 22.4. The first-order valence-corrected chi connectivity index (χ1v) is 12.9. The molecule has 2 aromatic rings. The number of carboxylic acid groups (broad SMARTS) is 1. The predicted octanol–water partition coefficient (Wildman–Crippen LogP) is 1.15. The summed E-state index contributed by atoms with van der Waals surface area (Å²) < 4.78 is 0. The fourth-order valence-electron chi connectivity index (χ4n) is 4.01. The van der Waals surface area contributed by atoms with E-state index in [1.807, 2.05) is 58.0 Å². The summed E-state index contributed by atoms with van der Waals surface area (Å²) in [6.45, 7) is 7.62. The van der Waals surface area contributed by atoms with Crippen LogP contribution in [0.4, 0.5) is 0 Å². The molecule has 11 heteroatoms. The van der Waals surface area contributed by atoms with Crippen molar-refractivity contribution < 1.29 is 24.3 Å². The van der Waals surface area contributed by atoms with Gasteiger partial charge in [-0.3, -0.25) is 14.4 Å². The Morgan fingerprint density at radius 1 is 0.842 bits per heavy atom. The predicted molar refractivity (Wildman–Crippen MR) is 143 cm³/mol. The number of carbonyl (C=O) groups excluding carboxylic acids is 3. The van der Waals surface area contributed by atoms with Crippen molar-refractivity contribution in [2.24, 2.45) is 17.6 Å². The van der Waals surface area contributed by atoms with Crippen LogP contribution in [0.2, 0.25) is 0 Å². The van der Waals surface area contributed by atoms with Gasteiger partial charge in [-0.15, -0.1) is 0 Å². The molecule has 7 N–H and O–H groups in total. The van der Waals surface area contributed by atoms with Crippen LogP contribution < -0.4 is 21.7 Å². The van der Waals surface area contributed by atoms with E-state index in [2.05, 4.69) is 25.9 Å². The summed E-state index contributed by atoms with van der Waals surface area (Å²) >= 11 is 0. The average Bonchev–Trinajstić information content (AvgIpc) is 3.35. The number of hydrogen-bond acceptors (Lipinski definition) is 6. The number of benzene rings is 1. The van der Waals surface area contributed by atoms with Gasteiger partial charge in [0.2, 0.25) is 17.7 Å². The number of nitrogens with two attached hydrogens (primary N) is 1. The number of hydrogen-bond donors (Lipinski definition) is 6. The number of aliphatic carboxylic acids is 1. The number of aromatic nitrogens is 2. The third-order valence-electron chi connectivity index (χ3n) is 5.91. The molecule has 4 atom stereocenters. The van der Waals surface area contributed by atoms with E-state index in [-0.39, 0.29) is 24.7 Å². The molecular formula is C27H40N6O5. The van der Waals surface area contributed by atoms with Gasteiger partial charge >= 0.3 is 5.97 Å². The number of nitrogens with one attached hydrogen (secondary N) is 4. The molecule has 0 radical (unpaired) electrons. The van der Waals surface area contributed by atoms with Crippen molar-refractivity contribution in [3.8, 4) is 0 Å². The molecule has 1 aromatic heterocycles. The number of aromatic amines is 1. The lowest BCUT2D eigenvalue weighted by atomic mass is 9.99. The van der Waals surface area contributed by atoms with E-state index in [4.69, 9.17) is 5.73 Å². The third kappa shape index (κ3) is 10.3. The lowest BCUT2D eigenvalue weighted by molar-refractivity contribution is -0.142. The highest BCUT2D eigenvalue weighted by atomic mass is 16.4. The SMILES string of the molecule is CC(C)CC(NC(=O)C(N)Cc1ccccc1)C(=O)NC(CC(C)C)C(=O)NC(Cc1cnc[nH]1)C(=O)O. The molecule has 2 rings (SSSR count). The Kier molecular flexibility index (Phi) is 11.9. The number of amides is 3. The third-order valence-corrected chi connectivity index (χ3v) is 5.91. The molecule has 0 saturated carbocycles. The van der Waals surface area contributed by atoms with Gasteiger partial charge in [0.05, 0.1) is 12.4 Å². The van der Waals surface area contributed by atoms with Crippen molar-refractivity contribution in [1.29, 1.82) is 0 Å². The van der Waals surface area contributed by atoms with Crippen LogP contribution in [0.15, 0.2) is 42.9 Å². The van der Waals surface area contributed by atoms with Gasteiger partial charge in [-0.1, -0.05) is 58.0 Å². The normalized spacial score (nSPS) is 14.4. The average molecular weight is 529 g/mol. The number of carboxylic acids is 1. The van der Waals surface area contributed by atoms with Gasteiger partial charge in [-0.05, 0) is 36.7 Å². The summed E-state index contributed by atoms with van der Waals surface area (Å²) in [5.74, 6) is -2.72. The first kappa shape index (κ1) is 30.5. The summed E-state index contributed by atoms with van der Waals surface area (Å²) in [6.07, 6.45) is 3.85. The second kappa shape index (κ2) is 14.9. The molecule has 0 aliphatic rings. The van der Waals surface area contributed by atoms with E-state index < -0.39 is 47.9 Å². The van der Waals surface area contributed by atoms with Gasteiger partial charge in [0.1, 0.15) is 18.1 Å². The second-order valence-electron chi connectivity index (χ2n) is 10.4. The van der Waals surface area contributed by atoms with E-state index in [9.17, 15) is 24.3 Å². The Bertz CT molecular complexity index is 1040. The van der Waals surface area contributed by atoms with Gasteiger partial charge in [0.15, 0.2) is 0 Å². The molecule has 0 bridgehead atoms. The molecular weight excluding hydrogens is 488 g/mol. The van der Waals surface area contributed by atoms with E-state index in [1.54, 1.807) is 0 Å². The fraction of sp³-hybridized carbons (Fsp3) is 0.519. The number of imidazole rings is 1. The minimum atomic E-state index is -1.21. The molecule has 208 valence electrons. The molecule has 0 spiro atoms. The van der Waals surface area contributed by atoms with Gasteiger partial charge in [0.25, 0.3) is 0 Å². The van der Waals surface area contributed by atoms with Crippen molar-refractivity contribution in [2.45, 2.75) is 77.5 Å². The number of H-pyrrole nitrogens is 1. The largest absolute Gasteiger partial charge is 0.480 e. The molecule has 4 unspecified atom stereocenters. The van der Waals surface area contributed by atoms with Crippen LogP contribution >= 0.6 is 0 Å². The maximum Gasteiger partial charge on any atom is 0.326 e. The molecule has 1 aromatic carbocycles. The van der Waals surface area contributed by atoms with Gasteiger partial charge in [0, 0.05) is 18.3 Å². The van der Waals surface area contributed by atoms with Crippen LogP contribution in [0.1, 0.15) is 51.8 Å². The van der Waals surface area contributed by atoms with E-state index in [0.29, 0.717) is 18.5 Å². The minimum Gasteiger partial charge on any atom is -0.480 e. The van der Waals surface area contributed by atoms with Crippen molar-refractivity contribution in [3.05, 3.63) is 54.1 Å². The fourth-order valence-corrected chi connectivity index (χ4v) is 4.01. The topological polar surface area (TPSA) is 179 Å². The summed E-state index contributed by atoms with van der Waals surface area (Å²) in [5, 5.41) is 17.6. The quantitative estimate of drug-likeness (QED) is 0.201. The Hall–Kier alpha value is -3.73. The van der Waals surface area contributed by atoms with E-state index >= 15 is 0 Å². The summed E-state index contributed by atoms with van der Waals surface area (Å²) in [7, 11) is 0. The van der Waals surface area contributed by atoms with E-state index in [1.165, 1.54) is 12.5 Å². The zero-order chi connectivity index (χ0) is 28.2. The summed E-state index contributed by atoms with van der Waals surface area (Å²) in [5.41, 5.74) is 7.56. The second-order valence-corrected chi connectivity index (χ2v) is 10.4. The Balaban J connectivity index is 2.10. The first-order chi connectivity index (χ1) is 18.0. The molecule has 0 saturated heterocycles. The smallest absolute Gasteiger partial charge is 0.326 e. The minimum absolute atomic E-state index is 0.00868. The molecule has 1 heterocycles. The van der Waals surface area contributed by atoms with Crippen molar-refractivity contribution in [2.75, 3.05) is 0 Å². The van der Waals surface area contributed by atoms with Crippen molar-refractivity contribution in [1.82, 2.24) is 25.9 Å². The van der Waals surface area contributed by atoms with Crippen LogP contribution in [0.5, 0.6) is 0 Å². The Morgan fingerprint density at radius 3 is 1.84 bits per heavy atom. The monoisotopic (exact) mass is 528 g/mol. The number of rotatable bonds is 15. The Labute approximate surface area is 223 Å². The highest BCUT2D eigenvalue weighted by Crippen LogP contribution is 2.11. The standard InChI is InChI=1S/C27H40N6O5/c1-16(2)10-21(31-24(34)20(28)12-18-8-6-5-7-9-18)25(35)32-22(11-17(3)4)26(36)33-23(27(37)38)13-19-14-29-15-30-19/h5-9,14-17,20-23H,10-13,28H2,1-4H3,(H,29,30)(H,31,34)(H,32,35)(H,33,36)(H,37,38). The number of nitrogens with zero attached hydrogens (tertiary/aromatic N) is 1. The maximum atomic E-state index is 13.3. The molecule has 11 nitrogen and oxygen atoms in total. The van der Waals surface area contributed by atoms with Gasteiger partial charge in [-0.25, -0.2) is 9.78 Å². The molecule has 0 aliphatic heterocycles. The summed E-state index contributed by atoms with van der Waals surface area (Å²) in [6, 6.07) is 5.37. The Morgan fingerprint density at radius 2 is 1.37 bits per heavy atom. The molecule has 3 amide bonds. The highest BCUT2D eigenvalue weighted by molar-refractivity contribution is 5.94. The number of carbonyl (C=O) groups is 4. The highest BCUT2D eigenvalue weighted by Gasteiger charge is 2.31. The van der Waals surface area contributed by atoms with Crippen molar-refractivity contribution in [3.63, 3.8) is 0 Å². The van der Waals surface area contributed by atoms with Gasteiger partial charge in [-0.2, -0.15) is 0 Å². The molecule has 0 aliphatic carbocycles. The van der Waals surface area contributed by atoms with Crippen LogP contribution in [-0.2, 0) is 32.0 Å². The lowest BCUT2D eigenvalue weighted by Crippen LogP contribution is -2.57. The van der Waals surface area contributed by atoms with Crippen LogP contribution in [0, 0.1) is 11.8 Å². The van der Waals surface area contributed by atoms with Crippen LogP contribution in [0.3, 0.4) is 0 Å². The lowest BCUT2D eigenvalue weighted by Gasteiger charge is -2.27. The zero-order valence-electron chi connectivity index (χ0n) is 22.4.